The molecule has 2 aromatic rings. The second-order valence-corrected chi connectivity index (χ2v) is 4.36. The van der Waals surface area contributed by atoms with Gasteiger partial charge in [0.05, 0.1) is 10.5 Å². The number of rotatable bonds is 0. The van der Waals surface area contributed by atoms with E-state index in [0.717, 1.165) is 0 Å². The van der Waals surface area contributed by atoms with E-state index in [-0.39, 0.29) is 11.0 Å². The van der Waals surface area contributed by atoms with E-state index < -0.39 is 0 Å². The van der Waals surface area contributed by atoms with Gasteiger partial charge in [-0.1, -0.05) is 23.2 Å². The molecule has 1 aromatic heterocycles. The van der Waals surface area contributed by atoms with Crippen molar-refractivity contribution >= 4 is 50.0 Å². The zero-order valence-electron chi connectivity index (χ0n) is 6.69. The average molecular weight is 295 g/mol. The third-order valence-electron chi connectivity index (χ3n) is 1.75. The first kappa shape index (κ1) is 10.1. The summed E-state index contributed by atoms with van der Waals surface area (Å²) >= 11 is 14.9. The highest BCUT2D eigenvalue weighted by atomic mass is 79.9. The van der Waals surface area contributed by atoms with Crippen molar-refractivity contribution in [2.45, 2.75) is 0 Å². The summed E-state index contributed by atoms with van der Waals surface area (Å²) in [5.41, 5.74) is 0.439. The number of hydrogen-bond acceptors (Lipinski definition) is 1. The normalized spacial score (nSPS) is 10.9. The van der Waals surface area contributed by atoms with Gasteiger partial charge in [-0.2, -0.15) is 0 Å². The van der Waals surface area contributed by atoms with E-state index in [1.165, 1.54) is 18.2 Å². The molecule has 0 radical (unpaired) electrons. The zero-order chi connectivity index (χ0) is 10.3. The van der Waals surface area contributed by atoms with Gasteiger partial charge in [-0.25, -0.2) is 9.37 Å². The van der Waals surface area contributed by atoms with Crippen molar-refractivity contribution in [1.82, 2.24) is 4.98 Å². The predicted molar refractivity (Wildman–Crippen MR) is 59.4 cm³/mol. The first-order valence-corrected chi connectivity index (χ1v) is 5.23. The van der Waals surface area contributed by atoms with Gasteiger partial charge in [0.25, 0.3) is 0 Å². The Labute approximate surface area is 98.0 Å². The Morgan fingerprint density at radius 3 is 2.64 bits per heavy atom. The Hall–Kier alpha value is -0.380. The summed E-state index contributed by atoms with van der Waals surface area (Å²) in [5, 5.41) is 1.37. The number of nitrogens with zero attached hydrogens (tertiary/aromatic N) is 1. The molecule has 0 saturated heterocycles. The molecule has 0 bridgehead atoms. The van der Waals surface area contributed by atoms with Crippen LogP contribution in [0, 0.1) is 5.82 Å². The fourth-order valence-corrected chi connectivity index (χ4v) is 2.52. The van der Waals surface area contributed by atoms with Crippen LogP contribution < -0.4 is 0 Å². The number of halogens is 4. The molecule has 0 spiro atoms. The molecule has 0 unspecified atom stereocenters. The Morgan fingerprint density at radius 1 is 1.21 bits per heavy atom. The molecule has 1 aromatic carbocycles. The molecular weight excluding hydrogens is 292 g/mol. The summed E-state index contributed by atoms with van der Waals surface area (Å²) in [6, 6.07) is 4.15. The molecule has 1 heterocycles. The van der Waals surface area contributed by atoms with Crippen LogP contribution in [0.25, 0.3) is 10.9 Å². The molecule has 0 aliphatic rings. The van der Waals surface area contributed by atoms with Gasteiger partial charge in [-0.05, 0) is 28.1 Å². The molecule has 14 heavy (non-hydrogen) atoms. The summed E-state index contributed by atoms with van der Waals surface area (Å²) in [4.78, 5) is 3.97. The van der Waals surface area contributed by atoms with E-state index >= 15 is 0 Å². The maximum Gasteiger partial charge on any atom is 0.131 e. The molecule has 0 saturated carbocycles. The summed E-state index contributed by atoms with van der Waals surface area (Å²) in [6.45, 7) is 0. The van der Waals surface area contributed by atoms with E-state index in [2.05, 4.69) is 20.9 Å². The maximum atomic E-state index is 13.0. The lowest BCUT2D eigenvalue weighted by molar-refractivity contribution is 0.628. The van der Waals surface area contributed by atoms with Crippen LogP contribution in [-0.4, -0.2) is 4.98 Å². The fraction of sp³-hybridized carbons (Fsp3) is 0. The average Bonchev–Trinajstić information content (AvgIpc) is 1.99. The van der Waals surface area contributed by atoms with Crippen LogP contribution in [0.2, 0.25) is 10.2 Å². The Bertz CT molecular complexity index is 473. The van der Waals surface area contributed by atoms with Gasteiger partial charge in [0.15, 0.2) is 0 Å². The van der Waals surface area contributed by atoms with Crippen molar-refractivity contribution in [3.63, 3.8) is 0 Å². The molecule has 0 aliphatic carbocycles. The number of fused-ring (bicyclic) bond motifs is 1. The lowest BCUT2D eigenvalue weighted by Gasteiger charge is -2.03. The molecule has 0 fully saturated rings. The minimum Gasteiger partial charge on any atom is -0.236 e. The largest absolute Gasteiger partial charge is 0.236 e. The molecule has 5 heteroatoms. The van der Waals surface area contributed by atoms with Crippen molar-refractivity contribution in [3.8, 4) is 0 Å². The number of hydrogen-bond donors (Lipinski definition) is 0. The topological polar surface area (TPSA) is 12.9 Å². The standard InChI is InChI=1S/C9H3BrCl2FN/c10-5-1-4(13)2-7-9(5)6(11)3-8(12)14-7/h1-3H. The van der Waals surface area contributed by atoms with Crippen LogP contribution in [0.3, 0.4) is 0 Å². The van der Waals surface area contributed by atoms with E-state index in [4.69, 9.17) is 23.2 Å². The van der Waals surface area contributed by atoms with Gasteiger partial charge in [0.1, 0.15) is 11.0 Å². The first-order chi connectivity index (χ1) is 6.58. The van der Waals surface area contributed by atoms with E-state index in [1.807, 2.05) is 0 Å². The minimum atomic E-state index is -0.379. The lowest BCUT2D eigenvalue weighted by Crippen LogP contribution is -1.85. The van der Waals surface area contributed by atoms with Crippen LogP contribution in [0.5, 0.6) is 0 Å². The molecule has 1 nitrogen and oxygen atoms in total. The highest BCUT2D eigenvalue weighted by Crippen LogP contribution is 2.32. The second-order valence-electron chi connectivity index (χ2n) is 2.71. The van der Waals surface area contributed by atoms with E-state index in [9.17, 15) is 4.39 Å². The van der Waals surface area contributed by atoms with Gasteiger partial charge >= 0.3 is 0 Å². The molecule has 0 amide bonds. The minimum absolute atomic E-state index is 0.250. The number of benzene rings is 1. The van der Waals surface area contributed by atoms with E-state index in [0.29, 0.717) is 20.4 Å². The quantitative estimate of drug-likeness (QED) is 0.655. The second kappa shape index (κ2) is 3.65. The van der Waals surface area contributed by atoms with Gasteiger partial charge in [0, 0.05) is 15.9 Å². The molecule has 72 valence electrons. The SMILES string of the molecule is Fc1cc(Br)c2c(Cl)cc(Cl)nc2c1. The van der Waals surface area contributed by atoms with Crippen LogP contribution in [0.15, 0.2) is 22.7 Å². The molecule has 0 aliphatic heterocycles. The van der Waals surface area contributed by atoms with Crippen molar-refractivity contribution < 1.29 is 4.39 Å². The summed E-state index contributed by atoms with van der Waals surface area (Å²) in [5.74, 6) is -0.379. The monoisotopic (exact) mass is 293 g/mol. The van der Waals surface area contributed by atoms with Crippen molar-refractivity contribution in [3.05, 3.63) is 38.7 Å². The molecule has 0 atom stereocenters. The molecular formula is C9H3BrCl2FN. The smallest absolute Gasteiger partial charge is 0.131 e. The highest BCUT2D eigenvalue weighted by molar-refractivity contribution is 9.10. The Kier molecular flexibility index (Phi) is 2.64. The Morgan fingerprint density at radius 2 is 1.93 bits per heavy atom. The van der Waals surface area contributed by atoms with Crippen molar-refractivity contribution in [2.24, 2.45) is 0 Å². The highest BCUT2D eigenvalue weighted by Gasteiger charge is 2.08. The van der Waals surface area contributed by atoms with Crippen LogP contribution in [0.4, 0.5) is 4.39 Å². The van der Waals surface area contributed by atoms with Crippen molar-refractivity contribution in [2.75, 3.05) is 0 Å². The first-order valence-electron chi connectivity index (χ1n) is 3.69. The van der Waals surface area contributed by atoms with Crippen molar-refractivity contribution in [1.29, 1.82) is 0 Å². The summed E-state index contributed by atoms with van der Waals surface area (Å²) < 4.78 is 13.6. The van der Waals surface area contributed by atoms with E-state index in [1.54, 1.807) is 0 Å². The predicted octanol–water partition coefficient (Wildman–Crippen LogP) is 4.44. The van der Waals surface area contributed by atoms with Gasteiger partial charge in [-0.3, -0.25) is 0 Å². The van der Waals surface area contributed by atoms with Gasteiger partial charge in [0.2, 0.25) is 0 Å². The summed E-state index contributed by atoms with van der Waals surface area (Å²) in [6.07, 6.45) is 0. The zero-order valence-corrected chi connectivity index (χ0v) is 9.79. The van der Waals surface area contributed by atoms with Crippen LogP contribution >= 0.6 is 39.1 Å². The molecule has 2 rings (SSSR count). The number of pyridine rings is 1. The molecule has 0 N–H and O–H groups in total. The number of aromatic nitrogens is 1. The van der Waals surface area contributed by atoms with Crippen LogP contribution in [0.1, 0.15) is 0 Å². The fourth-order valence-electron chi connectivity index (χ4n) is 1.21. The summed E-state index contributed by atoms with van der Waals surface area (Å²) in [7, 11) is 0. The Balaban J connectivity index is 2.94. The van der Waals surface area contributed by atoms with Crippen LogP contribution in [-0.2, 0) is 0 Å². The third-order valence-corrected chi connectivity index (χ3v) is 2.86. The third kappa shape index (κ3) is 1.72. The lowest BCUT2D eigenvalue weighted by atomic mass is 10.2. The van der Waals surface area contributed by atoms with Gasteiger partial charge < -0.3 is 0 Å². The maximum absolute atomic E-state index is 13.0. The van der Waals surface area contributed by atoms with Gasteiger partial charge in [-0.15, -0.1) is 0 Å².